The van der Waals surface area contributed by atoms with Gasteiger partial charge in [0.05, 0.1) is 12.5 Å². The highest BCUT2D eigenvalue weighted by Crippen LogP contribution is 2.67. The third kappa shape index (κ3) is 1.38. The van der Waals surface area contributed by atoms with E-state index in [1.807, 2.05) is 6.07 Å². The molecule has 0 spiro atoms. The Labute approximate surface area is 119 Å². The van der Waals surface area contributed by atoms with Gasteiger partial charge in [0.25, 0.3) is 0 Å². The van der Waals surface area contributed by atoms with Gasteiger partial charge in [0.1, 0.15) is 6.10 Å². The molecule has 106 valence electrons. The fourth-order valence-corrected chi connectivity index (χ4v) is 4.72. The highest BCUT2D eigenvalue weighted by molar-refractivity contribution is 5.85. The molecule has 3 aliphatic rings. The topological polar surface area (TPSA) is 39.4 Å². The van der Waals surface area contributed by atoms with Crippen molar-refractivity contribution in [1.82, 2.24) is 0 Å². The van der Waals surface area contributed by atoms with Gasteiger partial charge in [0.15, 0.2) is 0 Å². The van der Waals surface area contributed by atoms with Gasteiger partial charge in [0.2, 0.25) is 0 Å². The molecule has 2 aliphatic carbocycles. The summed E-state index contributed by atoms with van der Waals surface area (Å²) in [6.45, 7) is 4.58. The van der Waals surface area contributed by atoms with Crippen molar-refractivity contribution in [2.45, 2.75) is 45.6 Å². The van der Waals surface area contributed by atoms with Crippen molar-refractivity contribution in [1.29, 1.82) is 0 Å². The van der Waals surface area contributed by atoms with E-state index in [1.165, 1.54) is 24.8 Å². The van der Waals surface area contributed by atoms with Crippen LogP contribution < -0.4 is 0 Å². The fourth-order valence-electron chi connectivity index (χ4n) is 4.72. The minimum Gasteiger partial charge on any atom is -0.472 e. The number of hydrogen-bond donors (Lipinski definition) is 0. The number of furan rings is 1. The molecule has 0 saturated heterocycles. The summed E-state index contributed by atoms with van der Waals surface area (Å²) in [6.07, 6.45) is 9.76. The van der Waals surface area contributed by atoms with Crippen LogP contribution in [0.1, 0.15) is 51.2 Å². The van der Waals surface area contributed by atoms with Crippen molar-refractivity contribution >= 4 is 5.97 Å². The Morgan fingerprint density at radius 1 is 1.20 bits per heavy atom. The van der Waals surface area contributed by atoms with E-state index < -0.39 is 0 Å². The average molecular weight is 272 g/mol. The van der Waals surface area contributed by atoms with Gasteiger partial charge in [-0.2, -0.15) is 0 Å². The standard InChI is InChI=1S/C17H20O3/c1-16-6-3-12(16)4-7-17(2)13(16)9-14(18)20-15(17)11-5-8-19-10-11/h5,8-10,12,15H,3-4,6-7H2,1-2H3/t12?,15-,16?,17+/m0/s1. The molecule has 0 amide bonds. The second-order valence-electron chi connectivity index (χ2n) is 7.04. The predicted octanol–water partition coefficient (Wildman–Crippen LogP) is 4.02. The SMILES string of the molecule is CC12CCC1CC[C@]1(C)C2=CC(=O)O[C@H]1c1ccoc1. The van der Waals surface area contributed by atoms with Crippen molar-refractivity contribution in [3.63, 3.8) is 0 Å². The van der Waals surface area contributed by atoms with Gasteiger partial charge in [-0.05, 0) is 48.7 Å². The van der Waals surface area contributed by atoms with E-state index in [0.29, 0.717) is 0 Å². The minimum absolute atomic E-state index is 0.0799. The highest BCUT2D eigenvalue weighted by atomic mass is 16.5. The summed E-state index contributed by atoms with van der Waals surface area (Å²) < 4.78 is 10.9. The van der Waals surface area contributed by atoms with Gasteiger partial charge < -0.3 is 9.15 Å². The quantitative estimate of drug-likeness (QED) is 0.725. The van der Waals surface area contributed by atoms with Crippen LogP contribution in [0.2, 0.25) is 0 Å². The van der Waals surface area contributed by atoms with Gasteiger partial charge in [-0.1, -0.05) is 13.8 Å². The maximum absolute atomic E-state index is 12.1. The summed E-state index contributed by atoms with van der Waals surface area (Å²) in [5, 5.41) is 0. The van der Waals surface area contributed by atoms with Crippen molar-refractivity contribution in [2.24, 2.45) is 16.7 Å². The number of fused-ring (bicyclic) bond motifs is 3. The van der Waals surface area contributed by atoms with Crippen molar-refractivity contribution in [3.05, 3.63) is 35.8 Å². The van der Waals surface area contributed by atoms with Crippen LogP contribution in [0.5, 0.6) is 0 Å². The van der Waals surface area contributed by atoms with Crippen molar-refractivity contribution < 1.29 is 13.9 Å². The Morgan fingerprint density at radius 3 is 2.60 bits per heavy atom. The monoisotopic (exact) mass is 272 g/mol. The summed E-state index contributed by atoms with van der Waals surface area (Å²) in [4.78, 5) is 12.1. The third-order valence-corrected chi connectivity index (χ3v) is 6.08. The van der Waals surface area contributed by atoms with Gasteiger partial charge in [-0.25, -0.2) is 4.79 Å². The van der Waals surface area contributed by atoms with Gasteiger partial charge in [0, 0.05) is 17.1 Å². The van der Waals surface area contributed by atoms with Crippen LogP contribution in [0.25, 0.3) is 0 Å². The number of carbonyl (C=O) groups excluding carboxylic acids is 1. The van der Waals surface area contributed by atoms with Gasteiger partial charge in [-0.3, -0.25) is 0 Å². The lowest BCUT2D eigenvalue weighted by molar-refractivity contribution is -0.158. The third-order valence-electron chi connectivity index (χ3n) is 6.08. The Hall–Kier alpha value is -1.51. The summed E-state index contributed by atoms with van der Waals surface area (Å²) in [7, 11) is 0. The zero-order valence-electron chi connectivity index (χ0n) is 12.0. The fraction of sp³-hybridized carbons (Fsp3) is 0.588. The smallest absolute Gasteiger partial charge is 0.331 e. The number of rotatable bonds is 1. The Bertz CT molecular complexity index is 585. The molecular weight excluding hydrogens is 252 g/mol. The molecule has 1 aliphatic heterocycles. The number of ether oxygens (including phenoxy) is 1. The Kier molecular flexibility index (Phi) is 2.31. The van der Waals surface area contributed by atoms with E-state index in [0.717, 1.165) is 17.9 Å². The molecule has 0 aromatic carbocycles. The molecule has 3 heteroatoms. The molecule has 4 rings (SSSR count). The lowest BCUT2D eigenvalue weighted by atomic mass is 9.45. The number of esters is 1. The lowest BCUT2D eigenvalue weighted by Gasteiger charge is -2.60. The molecule has 1 aromatic heterocycles. The first kappa shape index (κ1) is 12.2. The van der Waals surface area contributed by atoms with Crippen LogP contribution in [-0.2, 0) is 9.53 Å². The largest absolute Gasteiger partial charge is 0.472 e. The van der Waals surface area contributed by atoms with Crippen LogP contribution in [0, 0.1) is 16.7 Å². The number of carbonyl (C=O) groups is 1. The van der Waals surface area contributed by atoms with E-state index in [2.05, 4.69) is 13.8 Å². The first-order chi connectivity index (χ1) is 9.54. The molecule has 2 unspecified atom stereocenters. The highest BCUT2D eigenvalue weighted by Gasteiger charge is 2.59. The normalized spacial score (nSPS) is 42.9. The summed E-state index contributed by atoms with van der Waals surface area (Å²) >= 11 is 0. The molecule has 0 radical (unpaired) electrons. The lowest BCUT2D eigenvalue weighted by Crippen LogP contribution is -2.52. The minimum atomic E-state index is -0.202. The molecule has 2 heterocycles. The maximum atomic E-state index is 12.1. The van der Waals surface area contributed by atoms with E-state index >= 15 is 0 Å². The summed E-state index contributed by atoms with van der Waals surface area (Å²) in [5.74, 6) is 0.551. The van der Waals surface area contributed by atoms with Crippen molar-refractivity contribution in [3.8, 4) is 0 Å². The first-order valence-electron chi connectivity index (χ1n) is 7.49. The van der Waals surface area contributed by atoms with E-state index in [1.54, 1.807) is 18.6 Å². The molecule has 0 N–H and O–H groups in total. The Morgan fingerprint density at radius 2 is 1.95 bits per heavy atom. The zero-order valence-corrected chi connectivity index (χ0v) is 12.0. The van der Waals surface area contributed by atoms with Gasteiger partial charge in [-0.15, -0.1) is 0 Å². The molecule has 1 aromatic rings. The maximum Gasteiger partial charge on any atom is 0.331 e. The molecule has 3 nitrogen and oxygen atoms in total. The van der Waals surface area contributed by atoms with Crippen molar-refractivity contribution in [2.75, 3.05) is 0 Å². The molecule has 2 saturated carbocycles. The Balaban J connectivity index is 1.83. The van der Waals surface area contributed by atoms with E-state index in [-0.39, 0.29) is 22.9 Å². The molecule has 4 atom stereocenters. The second kappa shape index (κ2) is 3.78. The molecule has 0 bridgehead atoms. The van der Waals surface area contributed by atoms with Gasteiger partial charge >= 0.3 is 5.97 Å². The van der Waals surface area contributed by atoms with E-state index in [9.17, 15) is 4.79 Å². The summed E-state index contributed by atoms with van der Waals surface area (Å²) in [5.41, 5.74) is 2.42. The van der Waals surface area contributed by atoms with Crippen LogP contribution >= 0.6 is 0 Å². The molecule has 20 heavy (non-hydrogen) atoms. The summed E-state index contributed by atoms with van der Waals surface area (Å²) in [6, 6.07) is 1.92. The van der Waals surface area contributed by atoms with E-state index in [4.69, 9.17) is 9.15 Å². The molecule has 2 fully saturated rings. The second-order valence-corrected chi connectivity index (χ2v) is 7.04. The van der Waals surface area contributed by atoms with Crippen LogP contribution in [0.4, 0.5) is 0 Å². The number of hydrogen-bond acceptors (Lipinski definition) is 3. The molecular formula is C17H20O3. The van der Waals surface area contributed by atoms with Crippen LogP contribution in [0.15, 0.2) is 34.7 Å². The average Bonchev–Trinajstić information content (AvgIpc) is 2.91. The first-order valence-corrected chi connectivity index (χ1v) is 7.49. The van der Waals surface area contributed by atoms with Crippen LogP contribution in [0.3, 0.4) is 0 Å². The van der Waals surface area contributed by atoms with Crippen LogP contribution in [-0.4, -0.2) is 5.97 Å². The zero-order chi connectivity index (χ0) is 14.0. The number of cyclic esters (lactones) is 1. The predicted molar refractivity (Wildman–Crippen MR) is 73.8 cm³/mol.